The number of anilines is 1. The van der Waals surface area contributed by atoms with Gasteiger partial charge in [-0.15, -0.1) is 0 Å². The van der Waals surface area contributed by atoms with Crippen molar-refractivity contribution >= 4 is 21.7 Å². The van der Waals surface area contributed by atoms with Crippen molar-refractivity contribution in [1.82, 2.24) is 9.78 Å². The maximum atomic E-state index is 4.54. The van der Waals surface area contributed by atoms with Gasteiger partial charge in [0.2, 0.25) is 0 Å². The first-order valence-corrected chi connectivity index (χ1v) is 7.66. The van der Waals surface area contributed by atoms with Crippen LogP contribution in [0.4, 0.5) is 5.82 Å². The Balaban J connectivity index is 2.32. The summed E-state index contributed by atoms with van der Waals surface area (Å²) in [5.41, 5.74) is 3.70. The molecule has 0 amide bonds. The molecular formula is C15H20BrN3. The van der Waals surface area contributed by atoms with Gasteiger partial charge in [-0.2, -0.15) is 5.10 Å². The van der Waals surface area contributed by atoms with E-state index >= 15 is 0 Å². The fourth-order valence-corrected chi connectivity index (χ4v) is 3.04. The summed E-state index contributed by atoms with van der Waals surface area (Å²) in [6.07, 6.45) is 0. The van der Waals surface area contributed by atoms with Gasteiger partial charge in [-0.3, -0.25) is 4.68 Å². The summed E-state index contributed by atoms with van der Waals surface area (Å²) in [5.74, 6) is 1.21. The first kappa shape index (κ1) is 14.1. The lowest BCUT2D eigenvalue weighted by Crippen LogP contribution is -2.25. The second-order valence-electron chi connectivity index (χ2n) is 4.64. The third kappa shape index (κ3) is 3.00. The Morgan fingerprint density at radius 2 is 1.95 bits per heavy atom. The zero-order chi connectivity index (χ0) is 13.8. The summed E-state index contributed by atoms with van der Waals surface area (Å²) in [6, 6.07) is 10.6. The molecule has 102 valence electrons. The van der Waals surface area contributed by atoms with Gasteiger partial charge in [0.15, 0.2) is 0 Å². The number of alkyl halides is 1. The Labute approximate surface area is 123 Å². The fourth-order valence-electron chi connectivity index (χ4n) is 2.38. The topological polar surface area (TPSA) is 21.1 Å². The van der Waals surface area contributed by atoms with Crippen molar-refractivity contribution in [2.75, 3.05) is 11.4 Å². The van der Waals surface area contributed by atoms with E-state index in [2.05, 4.69) is 70.1 Å². The Hall–Kier alpha value is -1.29. The van der Waals surface area contributed by atoms with Gasteiger partial charge in [-0.1, -0.05) is 46.3 Å². The number of nitrogens with zero attached hydrogens (tertiary/aromatic N) is 3. The molecule has 0 spiro atoms. The average Bonchev–Trinajstić information content (AvgIpc) is 2.71. The van der Waals surface area contributed by atoms with Crippen LogP contribution in [0, 0.1) is 6.92 Å². The molecule has 0 radical (unpaired) electrons. The van der Waals surface area contributed by atoms with Crippen LogP contribution in [0.15, 0.2) is 30.3 Å². The van der Waals surface area contributed by atoms with Crippen LogP contribution in [0.25, 0.3) is 0 Å². The van der Waals surface area contributed by atoms with E-state index in [4.69, 9.17) is 0 Å². The van der Waals surface area contributed by atoms with Gasteiger partial charge < -0.3 is 4.90 Å². The number of aromatic nitrogens is 2. The van der Waals surface area contributed by atoms with E-state index in [0.717, 1.165) is 24.1 Å². The predicted octanol–water partition coefficient (Wildman–Crippen LogP) is 3.65. The molecule has 0 saturated carbocycles. The molecule has 2 rings (SSSR count). The molecule has 0 aliphatic carbocycles. The highest BCUT2D eigenvalue weighted by Gasteiger charge is 2.17. The van der Waals surface area contributed by atoms with Gasteiger partial charge in [-0.05, 0) is 19.4 Å². The largest absolute Gasteiger partial charge is 0.353 e. The number of halogens is 1. The minimum absolute atomic E-state index is 0.841. The maximum absolute atomic E-state index is 4.54. The van der Waals surface area contributed by atoms with E-state index in [1.807, 2.05) is 11.7 Å². The van der Waals surface area contributed by atoms with Gasteiger partial charge in [0.25, 0.3) is 0 Å². The summed E-state index contributed by atoms with van der Waals surface area (Å²) in [5, 5.41) is 5.38. The molecule has 0 aliphatic rings. The number of benzene rings is 1. The van der Waals surface area contributed by atoms with Crippen LogP contribution in [-0.4, -0.2) is 16.3 Å². The van der Waals surface area contributed by atoms with E-state index in [1.165, 1.54) is 16.9 Å². The molecule has 2 aromatic rings. The molecule has 0 atom stereocenters. The zero-order valence-corrected chi connectivity index (χ0v) is 13.3. The normalized spacial score (nSPS) is 10.7. The quantitative estimate of drug-likeness (QED) is 0.784. The highest BCUT2D eigenvalue weighted by atomic mass is 79.9. The fraction of sp³-hybridized carbons (Fsp3) is 0.400. The summed E-state index contributed by atoms with van der Waals surface area (Å²) in [6.45, 7) is 6.13. The zero-order valence-electron chi connectivity index (χ0n) is 11.7. The smallest absolute Gasteiger partial charge is 0.131 e. The summed E-state index contributed by atoms with van der Waals surface area (Å²) < 4.78 is 1.98. The third-order valence-corrected chi connectivity index (χ3v) is 3.91. The van der Waals surface area contributed by atoms with Crippen LogP contribution in [0.3, 0.4) is 0 Å². The number of hydrogen-bond acceptors (Lipinski definition) is 2. The summed E-state index contributed by atoms with van der Waals surface area (Å²) in [7, 11) is 2.02. The Morgan fingerprint density at radius 1 is 1.26 bits per heavy atom. The molecule has 19 heavy (non-hydrogen) atoms. The first-order valence-electron chi connectivity index (χ1n) is 6.54. The van der Waals surface area contributed by atoms with Crippen LogP contribution in [0.5, 0.6) is 0 Å². The molecular weight excluding hydrogens is 302 g/mol. The molecule has 3 nitrogen and oxygen atoms in total. The monoisotopic (exact) mass is 321 g/mol. The van der Waals surface area contributed by atoms with Crippen LogP contribution in [0.2, 0.25) is 0 Å². The second kappa shape index (κ2) is 6.24. The minimum Gasteiger partial charge on any atom is -0.353 e. The summed E-state index contributed by atoms with van der Waals surface area (Å²) >= 11 is 3.58. The van der Waals surface area contributed by atoms with Gasteiger partial charge in [0, 0.05) is 31.0 Å². The van der Waals surface area contributed by atoms with Crippen LogP contribution >= 0.6 is 15.9 Å². The van der Waals surface area contributed by atoms with Crippen molar-refractivity contribution in [3.05, 3.63) is 47.2 Å². The van der Waals surface area contributed by atoms with Crippen molar-refractivity contribution in [2.24, 2.45) is 7.05 Å². The number of rotatable bonds is 5. The molecule has 0 saturated heterocycles. The van der Waals surface area contributed by atoms with Crippen molar-refractivity contribution in [3.8, 4) is 0 Å². The van der Waals surface area contributed by atoms with Gasteiger partial charge in [0.05, 0.1) is 5.69 Å². The molecule has 0 aliphatic heterocycles. The highest BCUT2D eigenvalue weighted by Crippen LogP contribution is 2.26. The van der Waals surface area contributed by atoms with Crippen LogP contribution in [0.1, 0.15) is 23.7 Å². The SMILES string of the molecule is CCN(Cc1ccccc1)c1c(CBr)c(C)nn1C. The Kier molecular flexibility index (Phi) is 4.64. The standard InChI is InChI=1S/C15H20BrN3/c1-4-19(11-13-8-6-5-7-9-13)15-14(10-16)12(2)17-18(15)3/h5-9H,4,10-11H2,1-3H3. The van der Waals surface area contributed by atoms with Crippen LogP contribution < -0.4 is 4.90 Å². The maximum Gasteiger partial charge on any atom is 0.131 e. The van der Waals surface area contributed by atoms with Gasteiger partial charge in [0.1, 0.15) is 5.82 Å². The Morgan fingerprint density at radius 3 is 2.53 bits per heavy atom. The number of hydrogen-bond donors (Lipinski definition) is 0. The molecule has 1 aromatic carbocycles. The second-order valence-corrected chi connectivity index (χ2v) is 5.21. The van der Waals surface area contributed by atoms with E-state index in [1.54, 1.807) is 0 Å². The predicted molar refractivity (Wildman–Crippen MR) is 83.7 cm³/mol. The van der Waals surface area contributed by atoms with Crippen molar-refractivity contribution in [1.29, 1.82) is 0 Å². The highest BCUT2D eigenvalue weighted by molar-refractivity contribution is 9.08. The first-order chi connectivity index (χ1) is 9.17. The lowest BCUT2D eigenvalue weighted by atomic mass is 10.2. The van der Waals surface area contributed by atoms with E-state index in [9.17, 15) is 0 Å². The average molecular weight is 322 g/mol. The molecule has 1 aromatic heterocycles. The van der Waals surface area contributed by atoms with E-state index < -0.39 is 0 Å². The molecule has 0 fully saturated rings. The summed E-state index contributed by atoms with van der Waals surface area (Å²) in [4.78, 5) is 2.37. The van der Waals surface area contributed by atoms with E-state index in [-0.39, 0.29) is 0 Å². The molecule has 1 heterocycles. The third-order valence-electron chi connectivity index (χ3n) is 3.34. The minimum atomic E-state index is 0.841. The molecule has 0 N–H and O–H groups in total. The molecule has 0 unspecified atom stereocenters. The number of aryl methyl sites for hydroxylation is 2. The van der Waals surface area contributed by atoms with Crippen molar-refractivity contribution in [2.45, 2.75) is 25.7 Å². The van der Waals surface area contributed by atoms with Gasteiger partial charge in [-0.25, -0.2) is 0 Å². The van der Waals surface area contributed by atoms with Crippen LogP contribution in [-0.2, 0) is 18.9 Å². The molecule has 0 bridgehead atoms. The lowest BCUT2D eigenvalue weighted by molar-refractivity contribution is 0.704. The van der Waals surface area contributed by atoms with Crippen molar-refractivity contribution in [3.63, 3.8) is 0 Å². The molecule has 4 heteroatoms. The lowest BCUT2D eigenvalue weighted by Gasteiger charge is -2.24. The van der Waals surface area contributed by atoms with E-state index in [0.29, 0.717) is 0 Å². The van der Waals surface area contributed by atoms with Gasteiger partial charge >= 0.3 is 0 Å². The van der Waals surface area contributed by atoms with Crippen molar-refractivity contribution < 1.29 is 0 Å². The Bertz CT molecular complexity index is 534.